The number of piperidine rings is 1. The predicted molar refractivity (Wildman–Crippen MR) is 67.0 cm³/mol. The molecule has 5 heteroatoms. The number of carbonyl (C=O) groups excluding carboxylic acids is 2. The van der Waals surface area contributed by atoms with E-state index in [1.165, 1.54) is 0 Å². The van der Waals surface area contributed by atoms with Crippen molar-refractivity contribution in [1.29, 1.82) is 0 Å². The fraction of sp³-hybridized carbons (Fsp3) is 0.846. The molecule has 1 N–H and O–H groups in total. The fourth-order valence-corrected chi connectivity index (χ4v) is 2.62. The van der Waals surface area contributed by atoms with Gasteiger partial charge >= 0.3 is 11.8 Å². The number of rotatable bonds is 2. The number of hydrogen-bond donors (Lipinski definition) is 1. The zero-order chi connectivity index (χ0) is 13.0. The van der Waals surface area contributed by atoms with Crippen LogP contribution in [-0.4, -0.2) is 48.6 Å². The van der Waals surface area contributed by atoms with E-state index in [1.807, 2.05) is 6.92 Å². The minimum absolute atomic E-state index is 0.0838. The second-order valence-electron chi connectivity index (χ2n) is 5.19. The van der Waals surface area contributed by atoms with Gasteiger partial charge in [-0.3, -0.25) is 9.59 Å². The lowest BCUT2D eigenvalue weighted by Gasteiger charge is -2.32. The normalized spacial score (nSPS) is 28.2. The molecular weight excluding hydrogens is 232 g/mol. The number of carbonyl (C=O) groups is 2. The van der Waals surface area contributed by atoms with Gasteiger partial charge < -0.3 is 15.0 Å². The van der Waals surface area contributed by atoms with Gasteiger partial charge in [0.15, 0.2) is 0 Å². The molecule has 0 aromatic rings. The van der Waals surface area contributed by atoms with E-state index in [9.17, 15) is 9.59 Å². The van der Waals surface area contributed by atoms with Gasteiger partial charge in [-0.15, -0.1) is 0 Å². The van der Waals surface area contributed by atoms with Gasteiger partial charge in [0.05, 0.1) is 6.10 Å². The molecule has 0 aromatic carbocycles. The standard InChI is InChI=1S/C13H22N2O3/c1-10-5-2-3-7-15(10)13(17)12(16)14-9-11-6-4-8-18-11/h10-11H,2-9H2,1H3,(H,14,16). The lowest BCUT2D eigenvalue weighted by atomic mass is 10.0. The van der Waals surface area contributed by atoms with Gasteiger partial charge in [0, 0.05) is 25.7 Å². The molecule has 2 aliphatic rings. The number of nitrogens with zero attached hydrogens (tertiary/aromatic N) is 1. The van der Waals surface area contributed by atoms with Gasteiger partial charge in [-0.05, 0) is 39.0 Å². The van der Waals surface area contributed by atoms with Crippen LogP contribution < -0.4 is 5.32 Å². The largest absolute Gasteiger partial charge is 0.376 e. The molecular formula is C13H22N2O3. The maximum Gasteiger partial charge on any atom is 0.312 e. The van der Waals surface area contributed by atoms with Crippen LogP contribution in [0.2, 0.25) is 0 Å². The first-order chi connectivity index (χ1) is 8.68. The minimum Gasteiger partial charge on any atom is -0.376 e. The van der Waals surface area contributed by atoms with Crippen molar-refractivity contribution in [2.45, 2.75) is 51.2 Å². The number of hydrogen-bond acceptors (Lipinski definition) is 3. The molecule has 2 heterocycles. The zero-order valence-electron chi connectivity index (χ0n) is 11.0. The predicted octanol–water partition coefficient (Wildman–Crippen LogP) is 0.683. The van der Waals surface area contributed by atoms with E-state index in [1.54, 1.807) is 4.90 Å². The molecule has 0 aliphatic carbocycles. The number of nitrogens with one attached hydrogen (secondary N) is 1. The van der Waals surface area contributed by atoms with E-state index in [-0.39, 0.29) is 18.1 Å². The van der Waals surface area contributed by atoms with Crippen LogP contribution in [-0.2, 0) is 14.3 Å². The summed E-state index contributed by atoms with van der Waals surface area (Å²) >= 11 is 0. The summed E-state index contributed by atoms with van der Waals surface area (Å²) in [5.41, 5.74) is 0. The van der Waals surface area contributed by atoms with Crippen molar-refractivity contribution in [1.82, 2.24) is 10.2 Å². The Morgan fingerprint density at radius 3 is 2.78 bits per heavy atom. The van der Waals surface area contributed by atoms with Gasteiger partial charge in [0.1, 0.15) is 0 Å². The average Bonchev–Trinajstić information content (AvgIpc) is 2.89. The molecule has 2 saturated heterocycles. The average molecular weight is 254 g/mol. The van der Waals surface area contributed by atoms with Crippen molar-refractivity contribution in [2.75, 3.05) is 19.7 Å². The van der Waals surface area contributed by atoms with E-state index in [4.69, 9.17) is 4.74 Å². The second kappa shape index (κ2) is 6.18. The molecule has 5 nitrogen and oxygen atoms in total. The molecule has 0 bridgehead atoms. The maximum atomic E-state index is 12.0. The van der Waals surface area contributed by atoms with Crippen LogP contribution >= 0.6 is 0 Å². The van der Waals surface area contributed by atoms with Crippen molar-refractivity contribution < 1.29 is 14.3 Å². The van der Waals surface area contributed by atoms with E-state index in [2.05, 4.69) is 5.32 Å². The quantitative estimate of drug-likeness (QED) is 0.737. The first-order valence-corrected chi connectivity index (χ1v) is 6.89. The highest BCUT2D eigenvalue weighted by Gasteiger charge is 2.28. The van der Waals surface area contributed by atoms with Crippen LogP contribution in [0.25, 0.3) is 0 Å². The van der Waals surface area contributed by atoms with E-state index >= 15 is 0 Å². The van der Waals surface area contributed by atoms with E-state index in [0.717, 1.165) is 38.7 Å². The van der Waals surface area contributed by atoms with Gasteiger partial charge in [-0.1, -0.05) is 0 Å². The zero-order valence-corrected chi connectivity index (χ0v) is 11.0. The summed E-state index contributed by atoms with van der Waals surface area (Å²) in [6.45, 7) is 3.92. The van der Waals surface area contributed by atoms with Crippen LogP contribution in [0, 0.1) is 0 Å². The van der Waals surface area contributed by atoms with E-state index in [0.29, 0.717) is 13.1 Å². The Balaban J connectivity index is 1.78. The molecule has 0 saturated carbocycles. The Morgan fingerprint density at radius 1 is 1.28 bits per heavy atom. The lowest BCUT2D eigenvalue weighted by Crippen LogP contribution is -2.50. The smallest absolute Gasteiger partial charge is 0.312 e. The first-order valence-electron chi connectivity index (χ1n) is 6.89. The van der Waals surface area contributed by atoms with Gasteiger partial charge in [0.2, 0.25) is 0 Å². The molecule has 2 amide bonds. The third kappa shape index (κ3) is 3.22. The number of likely N-dealkylation sites (tertiary alicyclic amines) is 1. The Hall–Kier alpha value is -1.10. The van der Waals surface area contributed by atoms with Crippen molar-refractivity contribution in [3.63, 3.8) is 0 Å². The summed E-state index contributed by atoms with van der Waals surface area (Å²) in [7, 11) is 0. The second-order valence-corrected chi connectivity index (χ2v) is 5.19. The van der Waals surface area contributed by atoms with Crippen LogP contribution in [0.4, 0.5) is 0 Å². The molecule has 0 radical (unpaired) electrons. The summed E-state index contributed by atoms with van der Waals surface area (Å²) in [5.74, 6) is -0.876. The minimum atomic E-state index is -0.487. The van der Waals surface area contributed by atoms with Crippen molar-refractivity contribution in [2.24, 2.45) is 0 Å². The summed E-state index contributed by atoms with van der Waals surface area (Å²) in [5, 5.41) is 2.69. The highest BCUT2D eigenvalue weighted by molar-refractivity contribution is 6.35. The van der Waals surface area contributed by atoms with Crippen LogP contribution in [0.1, 0.15) is 39.0 Å². The Morgan fingerprint density at radius 2 is 2.11 bits per heavy atom. The summed E-state index contributed by atoms with van der Waals surface area (Å²) < 4.78 is 5.41. The summed E-state index contributed by atoms with van der Waals surface area (Å²) in [6, 6.07) is 0.180. The fourth-order valence-electron chi connectivity index (χ4n) is 2.62. The lowest BCUT2D eigenvalue weighted by molar-refractivity contribution is -0.148. The first kappa shape index (κ1) is 13.3. The molecule has 18 heavy (non-hydrogen) atoms. The molecule has 0 aromatic heterocycles. The molecule has 2 rings (SSSR count). The Labute approximate surface area is 108 Å². The molecule has 2 unspecified atom stereocenters. The summed E-state index contributed by atoms with van der Waals surface area (Å²) in [6.07, 6.45) is 5.22. The highest BCUT2D eigenvalue weighted by Crippen LogP contribution is 2.16. The monoisotopic (exact) mass is 254 g/mol. The molecule has 2 fully saturated rings. The SMILES string of the molecule is CC1CCCCN1C(=O)C(=O)NCC1CCCO1. The Bertz CT molecular complexity index is 313. The van der Waals surface area contributed by atoms with Gasteiger partial charge in [-0.2, -0.15) is 0 Å². The number of ether oxygens (including phenoxy) is 1. The van der Waals surface area contributed by atoms with Crippen molar-refractivity contribution in [3.05, 3.63) is 0 Å². The van der Waals surface area contributed by atoms with Gasteiger partial charge in [0.25, 0.3) is 0 Å². The number of amides is 2. The van der Waals surface area contributed by atoms with Crippen LogP contribution in [0.3, 0.4) is 0 Å². The topological polar surface area (TPSA) is 58.6 Å². The third-order valence-corrected chi connectivity index (χ3v) is 3.77. The van der Waals surface area contributed by atoms with Gasteiger partial charge in [-0.25, -0.2) is 0 Å². The molecule has 102 valence electrons. The van der Waals surface area contributed by atoms with Crippen LogP contribution in [0.15, 0.2) is 0 Å². The highest BCUT2D eigenvalue weighted by atomic mass is 16.5. The molecule has 2 atom stereocenters. The van der Waals surface area contributed by atoms with Crippen molar-refractivity contribution >= 4 is 11.8 Å². The molecule has 0 spiro atoms. The Kier molecular flexibility index (Phi) is 4.58. The molecule has 2 aliphatic heterocycles. The van der Waals surface area contributed by atoms with Crippen LogP contribution in [0.5, 0.6) is 0 Å². The van der Waals surface area contributed by atoms with Crippen molar-refractivity contribution in [3.8, 4) is 0 Å². The van der Waals surface area contributed by atoms with E-state index < -0.39 is 5.91 Å². The maximum absolute atomic E-state index is 12.0. The third-order valence-electron chi connectivity index (χ3n) is 3.77. The summed E-state index contributed by atoms with van der Waals surface area (Å²) in [4.78, 5) is 25.5.